The maximum absolute atomic E-state index is 13.2. The van der Waals surface area contributed by atoms with E-state index in [1.807, 2.05) is 0 Å². The molecule has 2 heterocycles. The molecule has 0 aliphatic carbocycles. The number of ether oxygens (including phenoxy) is 1. The molecular formula is C20H18BrFN2O4S. The highest BCUT2D eigenvalue weighted by molar-refractivity contribution is 9.10. The molecule has 0 spiro atoms. The number of hydrogen-bond donors (Lipinski definition) is 1. The number of hydrogen-bond acceptors (Lipinski definition) is 6. The molecule has 1 aromatic heterocycles. The molecule has 1 saturated heterocycles. The van der Waals surface area contributed by atoms with E-state index in [0.29, 0.717) is 18.7 Å². The van der Waals surface area contributed by atoms with Crippen molar-refractivity contribution < 1.29 is 22.0 Å². The van der Waals surface area contributed by atoms with Gasteiger partial charge in [0, 0.05) is 23.2 Å². The number of nitrogens with zero attached hydrogens (tertiary/aromatic N) is 1. The normalized spacial score (nSPS) is 16.8. The molecule has 4 rings (SSSR count). The molecule has 9 heteroatoms. The Morgan fingerprint density at radius 1 is 1.14 bits per heavy atom. The number of sulfone groups is 1. The average Bonchev–Trinajstić information content (AvgIpc) is 3.37. The summed E-state index contributed by atoms with van der Waals surface area (Å²) in [7, 11) is -3.93. The predicted octanol–water partition coefficient (Wildman–Crippen LogP) is 4.67. The Labute approximate surface area is 176 Å². The smallest absolute Gasteiger partial charge is 0.233 e. The summed E-state index contributed by atoms with van der Waals surface area (Å²) in [6.45, 7) is 1.09. The van der Waals surface area contributed by atoms with E-state index in [1.54, 1.807) is 12.1 Å². The quantitative estimate of drug-likeness (QED) is 0.552. The molecule has 0 amide bonds. The summed E-state index contributed by atoms with van der Waals surface area (Å²) >= 11 is 3.30. The van der Waals surface area contributed by atoms with Crippen molar-refractivity contribution in [3.8, 4) is 11.5 Å². The second kappa shape index (κ2) is 8.25. The average molecular weight is 481 g/mol. The highest BCUT2D eigenvalue weighted by Gasteiger charge is 2.29. The van der Waals surface area contributed by atoms with E-state index in [1.165, 1.54) is 36.4 Å². The maximum Gasteiger partial charge on any atom is 0.233 e. The fourth-order valence-corrected chi connectivity index (χ4v) is 4.60. The van der Waals surface area contributed by atoms with E-state index in [9.17, 15) is 12.8 Å². The number of anilines is 1. The van der Waals surface area contributed by atoms with Gasteiger partial charge in [-0.05, 0) is 61.4 Å². The summed E-state index contributed by atoms with van der Waals surface area (Å²) < 4.78 is 51.7. The van der Waals surface area contributed by atoms with Gasteiger partial charge in [-0.3, -0.25) is 0 Å². The fraction of sp³-hybridized carbons (Fsp3) is 0.250. The maximum atomic E-state index is 13.2. The molecule has 6 nitrogen and oxygen atoms in total. The Kier molecular flexibility index (Phi) is 5.71. The van der Waals surface area contributed by atoms with Crippen molar-refractivity contribution in [2.24, 2.45) is 0 Å². The molecular weight excluding hydrogens is 463 g/mol. The van der Waals surface area contributed by atoms with Crippen molar-refractivity contribution in [3.63, 3.8) is 0 Å². The van der Waals surface area contributed by atoms with Gasteiger partial charge in [0.05, 0.1) is 11.0 Å². The third-order valence-electron chi connectivity index (χ3n) is 4.58. The van der Waals surface area contributed by atoms with Gasteiger partial charge in [0.2, 0.25) is 26.6 Å². The molecule has 0 saturated carbocycles. The zero-order chi connectivity index (χ0) is 20.4. The molecule has 1 fully saturated rings. The molecule has 1 N–H and O–H groups in total. The summed E-state index contributed by atoms with van der Waals surface area (Å²) in [5.41, 5.74) is 0.476. The highest BCUT2D eigenvalue weighted by atomic mass is 79.9. The Morgan fingerprint density at radius 2 is 1.86 bits per heavy atom. The fourth-order valence-electron chi connectivity index (χ4n) is 3.05. The third kappa shape index (κ3) is 4.36. The van der Waals surface area contributed by atoms with Crippen molar-refractivity contribution in [1.82, 2.24) is 4.98 Å². The number of oxazole rings is 1. The number of benzene rings is 2. The van der Waals surface area contributed by atoms with Crippen LogP contribution in [0.2, 0.25) is 0 Å². The lowest BCUT2D eigenvalue weighted by Crippen LogP contribution is -2.19. The van der Waals surface area contributed by atoms with Crippen molar-refractivity contribution in [3.05, 3.63) is 58.8 Å². The molecule has 2 aromatic carbocycles. The predicted molar refractivity (Wildman–Crippen MR) is 109 cm³/mol. The van der Waals surface area contributed by atoms with Crippen LogP contribution in [0.4, 0.5) is 10.3 Å². The van der Waals surface area contributed by atoms with E-state index in [-0.39, 0.29) is 27.8 Å². The van der Waals surface area contributed by atoms with Gasteiger partial charge in [0.1, 0.15) is 5.82 Å². The van der Waals surface area contributed by atoms with Gasteiger partial charge in [-0.15, -0.1) is 0 Å². The minimum Gasteiger partial charge on any atom is -0.419 e. The SMILES string of the molecule is O=S(=O)(c1ccc(Br)cc1)c1nc(-c2ccc(F)cc2)oc1NC[C@H]1CCCO1. The van der Waals surface area contributed by atoms with Gasteiger partial charge in [-0.1, -0.05) is 15.9 Å². The van der Waals surface area contributed by atoms with E-state index < -0.39 is 15.7 Å². The second-order valence-corrected chi connectivity index (χ2v) is 9.41. The van der Waals surface area contributed by atoms with E-state index in [0.717, 1.165) is 17.3 Å². The Balaban J connectivity index is 1.73. The van der Waals surface area contributed by atoms with Crippen LogP contribution in [0.1, 0.15) is 12.8 Å². The lowest BCUT2D eigenvalue weighted by atomic mass is 10.2. The Bertz CT molecular complexity index is 1090. The first-order valence-electron chi connectivity index (χ1n) is 9.06. The van der Waals surface area contributed by atoms with Crippen LogP contribution >= 0.6 is 15.9 Å². The lowest BCUT2D eigenvalue weighted by Gasteiger charge is -2.10. The summed E-state index contributed by atoms with van der Waals surface area (Å²) in [6, 6.07) is 11.8. The molecule has 0 bridgehead atoms. The lowest BCUT2D eigenvalue weighted by molar-refractivity contribution is 0.120. The summed E-state index contributed by atoms with van der Waals surface area (Å²) in [5, 5.41) is 2.82. The van der Waals surface area contributed by atoms with Crippen LogP contribution in [0.25, 0.3) is 11.5 Å². The van der Waals surface area contributed by atoms with Crippen LogP contribution < -0.4 is 5.32 Å². The molecule has 3 aromatic rings. The molecule has 1 aliphatic heterocycles. The highest BCUT2D eigenvalue weighted by Crippen LogP contribution is 2.33. The molecule has 29 heavy (non-hydrogen) atoms. The minimum atomic E-state index is -3.93. The number of aromatic nitrogens is 1. The first-order chi connectivity index (χ1) is 13.9. The van der Waals surface area contributed by atoms with Crippen molar-refractivity contribution in [2.75, 3.05) is 18.5 Å². The van der Waals surface area contributed by atoms with Crippen LogP contribution in [-0.4, -0.2) is 32.7 Å². The third-order valence-corrected chi connectivity index (χ3v) is 6.79. The summed E-state index contributed by atoms with van der Waals surface area (Å²) in [6.07, 6.45) is 1.84. The first kappa shape index (κ1) is 20.1. The zero-order valence-electron chi connectivity index (χ0n) is 15.3. The van der Waals surface area contributed by atoms with Crippen LogP contribution in [0.5, 0.6) is 0 Å². The van der Waals surface area contributed by atoms with Crippen molar-refractivity contribution in [2.45, 2.75) is 28.9 Å². The molecule has 1 atom stereocenters. The molecule has 0 radical (unpaired) electrons. The summed E-state index contributed by atoms with van der Waals surface area (Å²) in [5.74, 6) is -0.266. The standard InChI is InChI=1S/C20H18BrFN2O4S/c21-14-5-9-17(10-6-14)29(25,26)20-19(23-12-16-2-1-11-27-16)28-18(24-20)13-3-7-15(22)8-4-13/h3-10,16,23H,1-2,11-12H2/t16-/m1/s1. The number of halogens is 2. The molecule has 1 aliphatic rings. The van der Waals surface area contributed by atoms with Gasteiger partial charge in [-0.25, -0.2) is 12.8 Å². The second-order valence-electron chi connectivity index (χ2n) is 6.63. The first-order valence-corrected chi connectivity index (χ1v) is 11.3. The van der Waals surface area contributed by atoms with Gasteiger partial charge >= 0.3 is 0 Å². The van der Waals surface area contributed by atoms with Gasteiger partial charge < -0.3 is 14.5 Å². The van der Waals surface area contributed by atoms with Crippen molar-refractivity contribution in [1.29, 1.82) is 0 Å². The van der Waals surface area contributed by atoms with Gasteiger partial charge in [0.25, 0.3) is 0 Å². The molecule has 152 valence electrons. The van der Waals surface area contributed by atoms with Gasteiger partial charge in [0.15, 0.2) is 0 Å². The Hall–Kier alpha value is -2.23. The topological polar surface area (TPSA) is 81.4 Å². The van der Waals surface area contributed by atoms with E-state index in [4.69, 9.17) is 9.15 Å². The zero-order valence-corrected chi connectivity index (χ0v) is 17.7. The van der Waals surface area contributed by atoms with Gasteiger partial charge in [-0.2, -0.15) is 4.98 Å². The van der Waals surface area contributed by atoms with Crippen LogP contribution in [0, 0.1) is 5.82 Å². The van der Waals surface area contributed by atoms with E-state index >= 15 is 0 Å². The number of rotatable bonds is 6. The Morgan fingerprint density at radius 3 is 2.52 bits per heavy atom. The summed E-state index contributed by atoms with van der Waals surface area (Å²) in [4.78, 5) is 4.33. The molecule has 0 unspecified atom stereocenters. The van der Waals surface area contributed by atoms with Crippen molar-refractivity contribution >= 4 is 31.7 Å². The minimum absolute atomic E-state index is 0.0161. The van der Waals surface area contributed by atoms with Crippen LogP contribution in [-0.2, 0) is 14.6 Å². The van der Waals surface area contributed by atoms with Crippen LogP contribution in [0.3, 0.4) is 0 Å². The monoisotopic (exact) mass is 480 g/mol. The number of nitrogens with one attached hydrogen (secondary N) is 1. The van der Waals surface area contributed by atoms with Crippen LogP contribution in [0.15, 0.2) is 67.3 Å². The largest absolute Gasteiger partial charge is 0.419 e. The van der Waals surface area contributed by atoms with E-state index in [2.05, 4.69) is 26.2 Å².